The lowest BCUT2D eigenvalue weighted by Gasteiger charge is -2.42. The first-order valence-corrected chi connectivity index (χ1v) is 8.63. The van der Waals surface area contributed by atoms with Gasteiger partial charge in [-0.2, -0.15) is 11.3 Å². The van der Waals surface area contributed by atoms with E-state index >= 15 is 0 Å². The summed E-state index contributed by atoms with van der Waals surface area (Å²) >= 11 is 1.82. The van der Waals surface area contributed by atoms with Crippen LogP contribution in [-0.4, -0.2) is 13.1 Å². The van der Waals surface area contributed by atoms with Crippen molar-refractivity contribution >= 4 is 11.3 Å². The standard InChI is InChI=1S/C17H29NS/c1-17(2,3)15-7-8-16(18-4)14(11-15)6-5-13-9-10-19-12-13/h9-10,12,14-16,18H,5-8,11H2,1-4H3. The van der Waals surface area contributed by atoms with Crippen molar-refractivity contribution in [3.05, 3.63) is 22.4 Å². The molecule has 0 radical (unpaired) electrons. The van der Waals surface area contributed by atoms with E-state index in [1.54, 1.807) is 0 Å². The van der Waals surface area contributed by atoms with Crippen molar-refractivity contribution in [2.24, 2.45) is 17.3 Å². The summed E-state index contributed by atoms with van der Waals surface area (Å²) in [7, 11) is 2.14. The van der Waals surface area contributed by atoms with Crippen molar-refractivity contribution in [2.45, 2.75) is 58.9 Å². The number of thiophene rings is 1. The van der Waals surface area contributed by atoms with Gasteiger partial charge in [-0.1, -0.05) is 20.8 Å². The average Bonchev–Trinajstić information content (AvgIpc) is 2.88. The smallest absolute Gasteiger partial charge is 0.00926 e. The van der Waals surface area contributed by atoms with Crippen LogP contribution >= 0.6 is 11.3 Å². The number of aryl methyl sites for hydroxylation is 1. The normalized spacial score (nSPS) is 28.5. The monoisotopic (exact) mass is 279 g/mol. The second-order valence-electron chi connectivity index (χ2n) is 7.20. The van der Waals surface area contributed by atoms with Gasteiger partial charge in [-0.15, -0.1) is 0 Å². The molecule has 0 spiro atoms. The molecule has 108 valence electrons. The van der Waals surface area contributed by atoms with Crippen molar-refractivity contribution in [3.8, 4) is 0 Å². The molecular weight excluding hydrogens is 250 g/mol. The molecule has 1 aliphatic rings. The van der Waals surface area contributed by atoms with Gasteiger partial charge in [0.2, 0.25) is 0 Å². The van der Waals surface area contributed by atoms with Crippen molar-refractivity contribution in [2.75, 3.05) is 7.05 Å². The van der Waals surface area contributed by atoms with E-state index in [9.17, 15) is 0 Å². The number of rotatable bonds is 4. The van der Waals surface area contributed by atoms with Gasteiger partial charge in [-0.05, 0) is 78.8 Å². The molecule has 1 heterocycles. The zero-order chi connectivity index (χ0) is 13.9. The Kier molecular flexibility index (Phi) is 5.08. The minimum absolute atomic E-state index is 0.472. The molecule has 0 aromatic carbocycles. The van der Waals surface area contributed by atoms with Crippen LogP contribution in [0.2, 0.25) is 0 Å². The second kappa shape index (κ2) is 6.41. The molecule has 1 fully saturated rings. The van der Waals surface area contributed by atoms with Gasteiger partial charge in [-0.25, -0.2) is 0 Å². The van der Waals surface area contributed by atoms with Crippen LogP contribution in [0.3, 0.4) is 0 Å². The van der Waals surface area contributed by atoms with E-state index in [0.717, 1.165) is 17.9 Å². The zero-order valence-corrected chi connectivity index (χ0v) is 13.7. The van der Waals surface area contributed by atoms with Gasteiger partial charge in [0, 0.05) is 6.04 Å². The van der Waals surface area contributed by atoms with Crippen molar-refractivity contribution in [1.29, 1.82) is 0 Å². The van der Waals surface area contributed by atoms with Gasteiger partial charge in [0.1, 0.15) is 0 Å². The van der Waals surface area contributed by atoms with E-state index in [4.69, 9.17) is 0 Å². The highest BCUT2D eigenvalue weighted by Gasteiger charge is 2.34. The van der Waals surface area contributed by atoms with Crippen LogP contribution in [-0.2, 0) is 6.42 Å². The summed E-state index contributed by atoms with van der Waals surface area (Å²) in [4.78, 5) is 0. The number of nitrogens with one attached hydrogen (secondary N) is 1. The SMILES string of the molecule is CNC1CCC(C(C)(C)C)CC1CCc1ccsc1. The minimum Gasteiger partial charge on any atom is -0.317 e. The highest BCUT2D eigenvalue weighted by atomic mass is 32.1. The summed E-state index contributed by atoms with van der Waals surface area (Å²) in [5.74, 6) is 1.74. The molecule has 1 nitrogen and oxygen atoms in total. The van der Waals surface area contributed by atoms with Gasteiger partial charge in [0.25, 0.3) is 0 Å². The maximum absolute atomic E-state index is 3.56. The lowest BCUT2D eigenvalue weighted by Crippen LogP contribution is -2.41. The fourth-order valence-corrected chi connectivity index (χ4v) is 4.24. The van der Waals surface area contributed by atoms with E-state index in [1.807, 2.05) is 11.3 Å². The Labute approximate surface area is 122 Å². The maximum atomic E-state index is 3.56. The van der Waals surface area contributed by atoms with Gasteiger partial charge in [0.05, 0.1) is 0 Å². The first kappa shape index (κ1) is 15.1. The summed E-state index contributed by atoms with van der Waals surface area (Å²) < 4.78 is 0. The minimum atomic E-state index is 0.472. The summed E-state index contributed by atoms with van der Waals surface area (Å²) in [6.07, 6.45) is 6.74. The molecule has 3 atom stereocenters. The quantitative estimate of drug-likeness (QED) is 0.840. The predicted molar refractivity (Wildman–Crippen MR) is 85.8 cm³/mol. The van der Waals surface area contributed by atoms with E-state index in [2.05, 4.69) is 50.0 Å². The topological polar surface area (TPSA) is 12.0 Å². The van der Waals surface area contributed by atoms with Crippen LogP contribution in [0.25, 0.3) is 0 Å². The molecule has 0 amide bonds. The van der Waals surface area contributed by atoms with Crippen LogP contribution < -0.4 is 5.32 Å². The number of hydrogen-bond donors (Lipinski definition) is 1. The van der Waals surface area contributed by atoms with Gasteiger partial charge < -0.3 is 5.32 Å². The van der Waals surface area contributed by atoms with Crippen LogP contribution in [0, 0.1) is 17.3 Å². The van der Waals surface area contributed by atoms with Crippen molar-refractivity contribution in [1.82, 2.24) is 5.32 Å². The molecule has 19 heavy (non-hydrogen) atoms. The van der Waals surface area contributed by atoms with Crippen LogP contribution in [0.1, 0.15) is 52.0 Å². The molecule has 1 N–H and O–H groups in total. The average molecular weight is 279 g/mol. The largest absolute Gasteiger partial charge is 0.317 e. The molecule has 0 aliphatic heterocycles. The third kappa shape index (κ3) is 4.06. The fourth-order valence-electron chi connectivity index (χ4n) is 3.54. The van der Waals surface area contributed by atoms with E-state index in [-0.39, 0.29) is 0 Å². The zero-order valence-electron chi connectivity index (χ0n) is 12.9. The van der Waals surface area contributed by atoms with Crippen LogP contribution in [0.15, 0.2) is 16.8 Å². The van der Waals surface area contributed by atoms with Crippen molar-refractivity contribution < 1.29 is 0 Å². The molecule has 3 unspecified atom stereocenters. The van der Waals surface area contributed by atoms with Crippen molar-refractivity contribution in [3.63, 3.8) is 0 Å². The van der Waals surface area contributed by atoms with E-state index in [1.165, 1.54) is 37.7 Å². The fraction of sp³-hybridized carbons (Fsp3) is 0.765. The molecule has 0 saturated heterocycles. The first-order chi connectivity index (χ1) is 9.00. The Morgan fingerprint density at radius 2 is 2.11 bits per heavy atom. The summed E-state index contributed by atoms with van der Waals surface area (Å²) in [5.41, 5.74) is 2.00. The highest BCUT2D eigenvalue weighted by molar-refractivity contribution is 7.07. The molecule has 0 bridgehead atoms. The third-order valence-corrected chi connectivity index (χ3v) is 5.69. The Balaban J connectivity index is 1.94. The Bertz CT molecular complexity index is 363. The lowest BCUT2D eigenvalue weighted by molar-refractivity contribution is 0.112. The highest BCUT2D eigenvalue weighted by Crippen LogP contribution is 2.41. The Morgan fingerprint density at radius 3 is 2.68 bits per heavy atom. The molecule has 2 rings (SSSR count). The number of hydrogen-bond acceptors (Lipinski definition) is 2. The Hall–Kier alpha value is -0.340. The summed E-state index contributed by atoms with van der Waals surface area (Å²) in [5, 5.41) is 8.06. The molecule has 1 aromatic heterocycles. The molecule has 1 saturated carbocycles. The summed E-state index contributed by atoms with van der Waals surface area (Å²) in [6.45, 7) is 7.23. The molecule has 1 aromatic rings. The summed E-state index contributed by atoms with van der Waals surface area (Å²) in [6, 6.07) is 3.01. The van der Waals surface area contributed by atoms with E-state index in [0.29, 0.717) is 5.41 Å². The van der Waals surface area contributed by atoms with Gasteiger partial charge in [-0.3, -0.25) is 0 Å². The Morgan fingerprint density at radius 1 is 1.32 bits per heavy atom. The third-order valence-electron chi connectivity index (χ3n) is 4.96. The first-order valence-electron chi connectivity index (χ1n) is 7.69. The van der Waals surface area contributed by atoms with E-state index < -0.39 is 0 Å². The van der Waals surface area contributed by atoms with Crippen LogP contribution in [0.4, 0.5) is 0 Å². The van der Waals surface area contributed by atoms with Gasteiger partial charge >= 0.3 is 0 Å². The molecule has 1 aliphatic carbocycles. The predicted octanol–water partition coefficient (Wildman–Crippen LogP) is 4.73. The lowest BCUT2D eigenvalue weighted by atomic mass is 9.66. The molecule has 2 heteroatoms. The van der Waals surface area contributed by atoms with Crippen LogP contribution in [0.5, 0.6) is 0 Å². The maximum Gasteiger partial charge on any atom is 0.00926 e. The molecular formula is C17H29NS. The van der Waals surface area contributed by atoms with Gasteiger partial charge in [0.15, 0.2) is 0 Å². The second-order valence-corrected chi connectivity index (χ2v) is 7.98.